The maximum Gasteiger partial charge on any atom is 0.337 e. The minimum absolute atomic E-state index is 0.0609. The Bertz CT molecular complexity index is 1080. The Morgan fingerprint density at radius 1 is 1.00 bits per heavy atom. The molecule has 0 bridgehead atoms. The zero-order valence-corrected chi connectivity index (χ0v) is 15.5. The van der Waals surface area contributed by atoms with E-state index in [1.54, 1.807) is 30.3 Å². The summed E-state index contributed by atoms with van der Waals surface area (Å²) in [7, 11) is -4.21. The van der Waals surface area contributed by atoms with E-state index in [4.69, 9.17) is 9.88 Å². The molecule has 8 heteroatoms. The molecule has 3 rings (SSSR count). The van der Waals surface area contributed by atoms with E-state index in [-0.39, 0.29) is 17.0 Å². The predicted molar refractivity (Wildman–Crippen MR) is 105 cm³/mol. The van der Waals surface area contributed by atoms with Crippen LogP contribution < -0.4 is 15.2 Å². The second-order valence-corrected chi connectivity index (χ2v) is 7.48. The van der Waals surface area contributed by atoms with Gasteiger partial charge in [0, 0.05) is 12.6 Å². The molecule has 0 radical (unpaired) electrons. The molecule has 3 aromatic rings. The van der Waals surface area contributed by atoms with Gasteiger partial charge in [0.05, 0.1) is 11.3 Å². The third-order valence-electron chi connectivity index (χ3n) is 3.92. The molecule has 0 saturated heterocycles. The van der Waals surface area contributed by atoms with Gasteiger partial charge in [0.25, 0.3) is 0 Å². The quantitative estimate of drug-likeness (QED) is 0.561. The zero-order valence-electron chi connectivity index (χ0n) is 14.7. The Labute approximate surface area is 162 Å². The van der Waals surface area contributed by atoms with E-state index in [0.29, 0.717) is 12.3 Å². The summed E-state index contributed by atoms with van der Waals surface area (Å²) in [5, 5.41) is 17.8. The molecule has 0 heterocycles. The number of nitrogens with two attached hydrogens (primary N) is 1. The van der Waals surface area contributed by atoms with Crippen molar-refractivity contribution in [2.45, 2.75) is 11.4 Å². The molecule has 0 amide bonds. The Kier molecular flexibility index (Phi) is 5.62. The van der Waals surface area contributed by atoms with E-state index in [9.17, 15) is 18.3 Å². The standard InChI is InChI=1S/C20H18N2O5S/c21-28(25,26)19-11-16(20(23)24)17(22-13-14-7-3-1-4-8-14)12-18(19)27-15-9-5-2-6-10-15/h1-12,22H,13H2,(H,23,24)(H2,21,25,26). The minimum Gasteiger partial charge on any atom is -0.478 e. The number of carboxylic acid groups (broad SMARTS) is 1. The summed E-state index contributed by atoms with van der Waals surface area (Å²) in [6, 6.07) is 20.2. The van der Waals surface area contributed by atoms with E-state index in [0.717, 1.165) is 11.6 Å². The third kappa shape index (κ3) is 4.67. The topological polar surface area (TPSA) is 119 Å². The number of ether oxygens (including phenoxy) is 1. The van der Waals surface area contributed by atoms with E-state index >= 15 is 0 Å². The van der Waals surface area contributed by atoms with E-state index < -0.39 is 20.9 Å². The van der Waals surface area contributed by atoms with Crippen molar-refractivity contribution in [3.63, 3.8) is 0 Å². The molecule has 0 unspecified atom stereocenters. The molecule has 3 aromatic carbocycles. The van der Waals surface area contributed by atoms with Gasteiger partial charge in [0.15, 0.2) is 0 Å². The summed E-state index contributed by atoms with van der Waals surface area (Å²) in [6.45, 7) is 0.348. The number of sulfonamides is 1. The number of rotatable bonds is 7. The molecule has 0 aliphatic rings. The van der Waals surface area contributed by atoms with Gasteiger partial charge in [-0.1, -0.05) is 48.5 Å². The van der Waals surface area contributed by atoms with Gasteiger partial charge in [0.1, 0.15) is 16.4 Å². The van der Waals surface area contributed by atoms with Crippen molar-refractivity contribution in [1.82, 2.24) is 0 Å². The number of hydrogen-bond donors (Lipinski definition) is 3. The van der Waals surface area contributed by atoms with E-state index in [1.807, 2.05) is 30.3 Å². The summed E-state index contributed by atoms with van der Waals surface area (Å²) in [5.41, 5.74) is 0.926. The van der Waals surface area contributed by atoms with Crippen molar-refractivity contribution < 1.29 is 23.1 Å². The first-order valence-electron chi connectivity index (χ1n) is 8.29. The Morgan fingerprint density at radius 3 is 2.18 bits per heavy atom. The molecule has 144 valence electrons. The number of hydrogen-bond acceptors (Lipinski definition) is 5. The van der Waals surface area contributed by atoms with Crippen molar-refractivity contribution in [2.75, 3.05) is 5.32 Å². The predicted octanol–water partition coefficient (Wildman–Crippen LogP) is 3.44. The monoisotopic (exact) mass is 398 g/mol. The van der Waals surface area contributed by atoms with Crippen LogP contribution in [0.4, 0.5) is 5.69 Å². The smallest absolute Gasteiger partial charge is 0.337 e. The van der Waals surface area contributed by atoms with Crippen molar-refractivity contribution in [3.8, 4) is 11.5 Å². The van der Waals surface area contributed by atoms with Gasteiger partial charge in [-0.2, -0.15) is 0 Å². The number of para-hydroxylation sites is 1. The fourth-order valence-electron chi connectivity index (χ4n) is 2.59. The molecule has 0 saturated carbocycles. The van der Waals surface area contributed by atoms with Crippen LogP contribution in [0.2, 0.25) is 0 Å². The van der Waals surface area contributed by atoms with Gasteiger partial charge in [-0.3, -0.25) is 0 Å². The first-order valence-corrected chi connectivity index (χ1v) is 9.84. The van der Waals surface area contributed by atoms with Gasteiger partial charge in [-0.15, -0.1) is 0 Å². The number of benzene rings is 3. The maximum atomic E-state index is 12.0. The van der Waals surface area contributed by atoms with Crippen LogP contribution in [0.5, 0.6) is 11.5 Å². The average Bonchev–Trinajstić information content (AvgIpc) is 2.67. The lowest BCUT2D eigenvalue weighted by atomic mass is 10.1. The molecule has 0 aromatic heterocycles. The largest absolute Gasteiger partial charge is 0.478 e. The Hall–Kier alpha value is -3.36. The average molecular weight is 398 g/mol. The van der Waals surface area contributed by atoms with E-state index in [2.05, 4.69) is 5.32 Å². The summed E-state index contributed by atoms with van der Waals surface area (Å²) >= 11 is 0. The number of nitrogens with one attached hydrogen (secondary N) is 1. The molecule has 7 nitrogen and oxygen atoms in total. The highest BCUT2D eigenvalue weighted by molar-refractivity contribution is 7.89. The minimum atomic E-state index is -4.21. The fraction of sp³-hybridized carbons (Fsp3) is 0.0500. The van der Waals surface area contributed by atoms with Gasteiger partial charge in [0.2, 0.25) is 10.0 Å². The normalized spacial score (nSPS) is 11.0. The van der Waals surface area contributed by atoms with Crippen molar-refractivity contribution in [1.29, 1.82) is 0 Å². The molecule has 0 aliphatic heterocycles. The highest BCUT2D eigenvalue weighted by Gasteiger charge is 2.22. The van der Waals surface area contributed by atoms with Crippen LogP contribution in [0.3, 0.4) is 0 Å². The molecular formula is C20H18N2O5S. The Morgan fingerprint density at radius 2 is 1.61 bits per heavy atom. The summed E-state index contributed by atoms with van der Waals surface area (Å²) in [5.74, 6) is -0.953. The zero-order chi connectivity index (χ0) is 20.1. The van der Waals surface area contributed by atoms with Gasteiger partial charge in [-0.25, -0.2) is 18.4 Å². The van der Waals surface area contributed by atoms with Gasteiger partial charge >= 0.3 is 5.97 Å². The molecule has 28 heavy (non-hydrogen) atoms. The number of anilines is 1. The molecule has 4 N–H and O–H groups in total. The molecule has 0 fully saturated rings. The lowest BCUT2D eigenvalue weighted by Crippen LogP contribution is -2.16. The summed E-state index contributed by atoms with van der Waals surface area (Å²) in [6.07, 6.45) is 0. The van der Waals surface area contributed by atoms with Crippen LogP contribution in [-0.4, -0.2) is 19.5 Å². The lowest BCUT2D eigenvalue weighted by Gasteiger charge is -2.15. The SMILES string of the molecule is NS(=O)(=O)c1cc(C(=O)O)c(NCc2ccccc2)cc1Oc1ccccc1. The van der Waals surface area contributed by atoms with Crippen LogP contribution >= 0.6 is 0 Å². The number of primary sulfonamides is 1. The first-order chi connectivity index (χ1) is 13.3. The van der Waals surface area contributed by atoms with Crippen LogP contribution in [0.1, 0.15) is 15.9 Å². The second-order valence-electron chi connectivity index (χ2n) is 5.95. The van der Waals surface area contributed by atoms with Crippen molar-refractivity contribution >= 4 is 21.7 Å². The van der Waals surface area contributed by atoms with Crippen molar-refractivity contribution in [2.24, 2.45) is 5.14 Å². The molecule has 0 aliphatic carbocycles. The van der Waals surface area contributed by atoms with Gasteiger partial charge < -0.3 is 15.2 Å². The van der Waals surface area contributed by atoms with Gasteiger partial charge in [-0.05, 0) is 23.8 Å². The first kappa shape index (κ1) is 19.4. The highest BCUT2D eigenvalue weighted by atomic mass is 32.2. The van der Waals surface area contributed by atoms with Crippen LogP contribution in [0.15, 0.2) is 77.7 Å². The third-order valence-corrected chi connectivity index (χ3v) is 4.85. The molecule has 0 spiro atoms. The maximum absolute atomic E-state index is 12.0. The Balaban J connectivity index is 2.04. The summed E-state index contributed by atoms with van der Waals surface area (Å²) < 4.78 is 29.7. The lowest BCUT2D eigenvalue weighted by molar-refractivity contribution is 0.0697. The van der Waals surface area contributed by atoms with E-state index in [1.165, 1.54) is 6.07 Å². The highest BCUT2D eigenvalue weighted by Crippen LogP contribution is 2.34. The molecular weight excluding hydrogens is 380 g/mol. The van der Waals surface area contributed by atoms with Crippen LogP contribution in [0.25, 0.3) is 0 Å². The van der Waals surface area contributed by atoms with Crippen LogP contribution in [0, 0.1) is 0 Å². The number of carbonyl (C=O) groups is 1. The number of aromatic carboxylic acids is 1. The molecule has 0 atom stereocenters. The summed E-state index contributed by atoms with van der Waals surface area (Å²) in [4.78, 5) is 11.3. The second kappa shape index (κ2) is 8.12. The van der Waals surface area contributed by atoms with Crippen LogP contribution in [-0.2, 0) is 16.6 Å². The van der Waals surface area contributed by atoms with Crippen molar-refractivity contribution in [3.05, 3.63) is 83.9 Å². The number of carboxylic acids is 1. The fourth-order valence-corrected chi connectivity index (χ4v) is 3.26.